The van der Waals surface area contributed by atoms with E-state index in [1.165, 1.54) is 37.4 Å². The van der Waals surface area contributed by atoms with Gasteiger partial charge >= 0.3 is 6.61 Å². The molecule has 1 amide bonds. The third kappa shape index (κ3) is 5.73. The highest BCUT2D eigenvalue weighted by Gasteiger charge is 2.22. The molecule has 0 spiro atoms. The average Bonchev–Trinajstić information content (AvgIpc) is 2.61. The fourth-order valence-electron chi connectivity index (χ4n) is 2.29. The molecule has 0 unspecified atom stereocenters. The topological polar surface area (TPSA) is 75.7 Å². The Labute approximate surface area is 156 Å². The van der Waals surface area contributed by atoms with E-state index in [2.05, 4.69) is 10.1 Å². The normalized spacial score (nSPS) is 11.6. The summed E-state index contributed by atoms with van der Waals surface area (Å²) in [6.07, 6.45) is 0. The summed E-state index contributed by atoms with van der Waals surface area (Å²) in [7, 11) is -2.51. The summed E-state index contributed by atoms with van der Waals surface area (Å²) in [5, 5.41) is 2.51. The summed E-state index contributed by atoms with van der Waals surface area (Å²) < 4.78 is 55.1. The summed E-state index contributed by atoms with van der Waals surface area (Å²) in [5.74, 6) is -0.617. The number of benzene rings is 2. The highest BCUT2D eigenvalue weighted by atomic mass is 32.2. The minimum atomic E-state index is -3.81. The average molecular weight is 398 g/mol. The van der Waals surface area contributed by atoms with Crippen LogP contribution < -0.4 is 10.1 Å². The van der Waals surface area contributed by atoms with Gasteiger partial charge in [0, 0.05) is 19.2 Å². The molecule has 9 heteroatoms. The molecular formula is C18H20F2N2O4S. The number of para-hydroxylation sites is 1. The number of carbonyl (C=O) groups is 1. The van der Waals surface area contributed by atoms with Crippen molar-refractivity contribution >= 4 is 15.9 Å². The van der Waals surface area contributed by atoms with Crippen LogP contribution in [-0.2, 0) is 21.4 Å². The molecule has 6 nitrogen and oxygen atoms in total. The van der Waals surface area contributed by atoms with Crippen molar-refractivity contribution in [1.29, 1.82) is 0 Å². The molecule has 0 aromatic heterocycles. The van der Waals surface area contributed by atoms with E-state index < -0.39 is 29.1 Å². The zero-order chi connectivity index (χ0) is 20.0. The Kier molecular flexibility index (Phi) is 6.86. The summed E-state index contributed by atoms with van der Waals surface area (Å²) in [6.45, 7) is -1.62. The maximum Gasteiger partial charge on any atom is 0.387 e. The summed E-state index contributed by atoms with van der Waals surface area (Å²) in [4.78, 5) is 12.2. The van der Waals surface area contributed by atoms with Crippen LogP contribution in [0.5, 0.6) is 5.75 Å². The number of sulfonamides is 1. The Hall–Kier alpha value is -2.52. The second-order valence-electron chi connectivity index (χ2n) is 5.84. The van der Waals surface area contributed by atoms with Gasteiger partial charge in [-0.3, -0.25) is 4.79 Å². The van der Waals surface area contributed by atoms with E-state index in [-0.39, 0.29) is 17.2 Å². The van der Waals surface area contributed by atoms with Gasteiger partial charge in [0.2, 0.25) is 15.9 Å². The lowest BCUT2D eigenvalue weighted by atomic mass is 10.2. The fourth-order valence-corrected chi connectivity index (χ4v) is 3.42. The molecule has 2 rings (SSSR count). The number of amides is 1. The molecule has 0 saturated carbocycles. The first kappa shape index (κ1) is 20.8. The van der Waals surface area contributed by atoms with E-state index in [1.807, 2.05) is 6.92 Å². The van der Waals surface area contributed by atoms with Crippen LogP contribution in [0.1, 0.15) is 11.1 Å². The van der Waals surface area contributed by atoms with Crippen LogP contribution in [0.25, 0.3) is 0 Å². The molecule has 0 fully saturated rings. The smallest absolute Gasteiger partial charge is 0.387 e. The Bertz CT molecular complexity index is 886. The highest BCUT2D eigenvalue weighted by molar-refractivity contribution is 7.89. The lowest BCUT2D eigenvalue weighted by molar-refractivity contribution is -0.121. The number of nitrogens with one attached hydrogen (secondary N) is 1. The first-order chi connectivity index (χ1) is 12.7. The molecule has 0 heterocycles. The molecule has 1 N–H and O–H groups in total. The highest BCUT2D eigenvalue weighted by Crippen LogP contribution is 2.20. The third-order valence-corrected chi connectivity index (χ3v) is 5.58. The minimum absolute atomic E-state index is 0.0477. The van der Waals surface area contributed by atoms with E-state index in [4.69, 9.17) is 0 Å². The molecule has 0 bridgehead atoms. The molecule has 2 aromatic carbocycles. The molecular weight excluding hydrogens is 378 g/mol. The van der Waals surface area contributed by atoms with E-state index in [0.29, 0.717) is 5.56 Å². The van der Waals surface area contributed by atoms with E-state index in [1.54, 1.807) is 18.2 Å². The number of ether oxygens (including phenoxy) is 1. The first-order valence-corrected chi connectivity index (χ1v) is 9.46. The number of halogens is 2. The number of rotatable bonds is 8. The van der Waals surface area contributed by atoms with Gasteiger partial charge in [-0.25, -0.2) is 8.42 Å². The SMILES string of the molecule is Cc1ccc(S(=O)(=O)N(C)CC(=O)NCc2ccccc2OC(F)F)cc1. The van der Waals surface area contributed by atoms with Gasteiger partial charge in [-0.1, -0.05) is 35.9 Å². The maximum atomic E-state index is 12.5. The molecule has 0 aliphatic carbocycles. The van der Waals surface area contributed by atoms with Crippen LogP contribution in [0.3, 0.4) is 0 Å². The number of likely N-dealkylation sites (N-methyl/N-ethyl adjacent to an activating group) is 1. The number of alkyl halides is 2. The maximum absolute atomic E-state index is 12.5. The van der Waals surface area contributed by atoms with Crippen LogP contribution in [0.4, 0.5) is 8.78 Å². The van der Waals surface area contributed by atoms with Crippen molar-refractivity contribution in [2.24, 2.45) is 0 Å². The quantitative estimate of drug-likeness (QED) is 0.742. The van der Waals surface area contributed by atoms with Crippen molar-refractivity contribution in [1.82, 2.24) is 9.62 Å². The van der Waals surface area contributed by atoms with Gasteiger partial charge in [-0.2, -0.15) is 13.1 Å². The van der Waals surface area contributed by atoms with Crippen molar-refractivity contribution in [3.63, 3.8) is 0 Å². The van der Waals surface area contributed by atoms with Gasteiger partial charge < -0.3 is 10.1 Å². The van der Waals surface area contributed by atoms with Crippen LogP contribution in [0.15, 0.2) is 53.4 Å². The summed E-state index contributed by atoms with van der Waals surface area (Å²) >= 11 is 0. The Morgan fingerprint density at radius 2 is 1.78 bits per heavy atom. The van der Waals surface area contributed by atoms with Crippen molar-refractivity contribution in [2.75, 3.05) is 13.6 Å². The molecule has 27 heavy (non-hydrogen) atoms. The fraction of sp³-hybridized carbons (Fsp3) is 0.278. The van der Waals surface area contributed by atoms with E-state index >= 15 is 0 Å². The van der Waals surface area contributed by atoms with Gasteiger partial charge in [0.15, 0.2) is 0 Å². The van der Waals surface area contributed by atoms with Crippen LogP contribution >= 0.6 is 0 Å². The summed E-state index contributed by atoms with van der Waals surface area (Å²) in [6, 6.07) is 12.3. The van der Waals surface area contributed by atoms with Crippen LogP contribution in [-0.4, -0.2) is 38.8 Å². The number of hydrogen-bond donors (Lipinski definition) is 1. The van der Waals surface area contributed by atoms with E-state index in [0.717, 1.165) is 9.87 Å². The van der Waals surface area contributed by atoms with Crippen molar-refractivity contribution < 1.29 is 26.7 Å². The Balaban J connectivity index is 1.98. The molecule has 0 radical (unpaired) electrons. The second-order valence-corrected chi connectivity index (χ2v) is 7.88. The van der Waals surface area contributed by atoms with Crippen molar-refractivity contribution in [3.05, 3.63) is 59.7 Å². The van der Waals surface area contributed by atoms with Gasteiger partial charge in [0.1, 0.15) is 5.75 Å². The van der Waals surface area contributed by atoms with Gasteiger partial charge in [-0.15, -0.1) is 0 Å². The van der Waals surface area contributed by atoms with Crippen LogP contribution in [0, 0.1) is 6.92 Å². The molecule has 0 atom stereocenters. The molecule has 0 aliphatic rings. The number of aryl methyl sites for hydroxylation is 1. The predicted molar refractivity (Wildman–Crippen MR) is 95.9 cm³/mol. The number of hydrogen-bond acceptors (Lipinski definition) is 4. The van der Waals surface area contributed by atoms with Gasteiger partial charge in [-0.05, 0) is 25.1 Å². The summed E-state index contributed by atoms with van der Waals surface area (Å²) in [5.41, 5.74) is 1.27. The predicted octanol–water partition coefficient (Wildman–Crippen LogP) is 2.53. The minimum Gasteiger partial charge on any atom is -0.434 e. The lowest BCUT2D eigenvalue weighted by Crippen LogP contribution is -2.38. The van der Waals surface area contributed by atoms with Gasteiger partial charge in [0.25, 0.3) is 0 Å². The first-order valence-electron chi connectivity index (χ1n) is 8.02. The third-order valence-electron chi connectivity index (χ3n) is 3.76. The standard InChI is InChI=1S/C18H20F2N2O4S/c1-13-7-9-15(10-8-13)27(24,25)22(2)12-17(23)21-11-14-5-3-4-6-16(14)26-18(19)20/h3-10,18H,11-12H2,1-2H3,(H,21,23). The molecule has 0 aliphatic heterocycles. The van der Waals surface area contributed by atoms with Gasteiger partial charge in [0.05, 0.1) is 11.4 Å². The number of carbonyl (C=O) groups excluding carboxylic acids is 1. The lowest BCUT2D eigenvalue weighted by Gasteiger charge is -2.17. The molecule has 0 saturated heterocycles. The largest absolute Gasteiger partial charge is 0.434 e. The Morgan fingerprint density at radius 3 is 2.41 bits per heavy atom. The zero-order valence-corrected chi connectivity index (χ0v) is 15.7. The van der Waals surface area contributed by atoms with Crippen LogP contribution in [0.2, 0.25) is 0 Å². The zero-order valence-electron chi connectivity index (χ0n) is 14.9. The number of nitrogens with zero attached hydrogens (tertiary/aromatic N) is 1. The van der Waals surface area contributed by atoms with Crippen molar-refractivity contribution in [2.45, 2.75) is 25.0 Å². The monoisotopic (exact) mass is 398 g/mol. The van der Waals surface area contributed by atoms with E-state index in [9.17, 15) is 22.0 Å². The molecule has 2 aromatic rings. The molecule has 146 valence electrons. The second kappa shape index (κ2) is 8.92. The van der Waals surface area contributed by atoms with Crippen molar-refractivity contribution in [3.8, 4) is 5.75 Å². The Morgan fingerprint density at radius 1 is 1.15 bits per heavy atom.